The Kier molecular flexibility index (Phi) is 7.22. The van der Waals surface area contributed by atoms with Crippen LogP contribution in [0, 0.1) is 11.8 Å². The van der Waals surface area contributed by atoms with Crippen LogP contribution in [0.3, 0.4) is 0 Å². The molecule has 2 amide bonds. The summed E-state index contributed by atoms with van der Waals surface area (Å²) in [5, 5.41) is 9.40. The lowest BCUT2D eigenvalue weighted by molar-refractivity contribution is -0.155. The number of ether oxygens (including phenoxy) is 2. The Balaban J connectivity index is 2.06. The average Bonchev–Trinajstić information content (AvgIpc) is 3.31. The highest BCUT2D eigenvalue weighted by Crippen LogP contribution is 2.60. The van der Waals surface area contributed by atoms with Crippen LogP contribution < -0.4 is 0 Å². The lowest BCUT2D eigenvalue weighted by atomic mass is 9.70. The van der Waals surface area contributed by atoms with Crippen molar-refractivity contribution in [3.8, 4) is 0 Å². The molecule has 0 saturated carbocycles. The molecule has 178 valence electrons. The minimum atomic E-state index is -1.13. The SMILES string of the molecule is C=CCOC(=O)[C@H]1[C@H]2C(=O)N(CCCO)C(C(=O)N(CC=C)C(C)(C)C)C23CC(Br)[C@@H]1O3. The molecule has 8 nitrogen and oxygen atoms in total. The van der Waals surface area contributed by atoms with Crippen molar-refractivity contribution in [3.05, 3.63) is 25.3 Å². The molecule has 3 aliphatic heterocycles. The summed E-state index contributed by atoms with van der Waals surface area (Å²) in [5.74, 6) is -2.68. The largest absolute Gasteiger partial charge is 0.461 e. The molecule has 0 aromatic carbocycles. The van der Waals surface area contributed by atoms with Crippen LogP contribution in [0.25, 0.3) is 0 Å². The number of rotatable bonds is 9. The minimum absolute atomic E-state index is 0.0383. The van der Waals surface area contributed by atoms with E-state index in [4.69, 9.17) is 9.47 Å². The van der Waals surface area contributed by atoms with Crippen LogP contribution >= 0.6 is 15.9 Å². The van der Waals surface area contributed by atoms with Crippen molar-refractivity contribution in [2.75, 3.05) is 26.3 Å². The molecule has 32 heavy (non-hydrogen) atoms. The molecular formula is C23H33BrN2O6. The number of halogens is 1. The highest BCUT2D eigenvalue weighted by Gasteiger charge is 2.77. The van der Waals surface area contributed by atoms with Gasteiger partial charge in [0.25, 0.3) is 0 Å². The Labute approximate surface area is 197 Å². The van der Waals surface area contributed by atoms with E-state index in [2.05, 4.69) is 29.1 Å². The van der Waals surface area contributed by atoms with Gasteiger partial charge in [0.2, 0.25) is 11.8 Å². The fourth-order valence-electron chi connectivity index (χ4n) is 5.37. The predicted octanol–water partition coefficient (Wildman–Crippen LogP) is 1.66. The summed E-state index contributed by atoms with van der Waals surface area (Å²) >= 11 is 3.62. The summed E-state index contributed by atoms with van der Waals surface area (Å²) < 4.78 is 11.7. The monoisotopic (exact) mass is 512 g/mol. The molecule has 9 heteroatoms. The van der Waals surface area contributed by atoms with Crippen molar-refractivity contribution in [3.63, 3.8) is 0 Å². The number of alkyl halides is 1. The summed E-state index contributed by atoms with van der Waals surface area (Å²) in [6.45, 7) is 13.6. The first-order valence-corrected chi connectivity index (χ1v) is 11.9. The van der Waals surface area contributed by atoms with Crippen molar-refractivity contribution in [2.45, 2.75) is 61.7 Å². The van der Waals surface area contributed by atoms with E-state index in [1.807, 2.05) is 20.8 Å². The van der Waals surface area contributed by atoms with Gasteiger partial charge < -0.3 is 24.4 Å². The van der Waals surface area contributed by atoms with E-state index in [9.17, 15) is 19.5 Å². The van der Waals surface area contributed by atoms with E-state index in [0.717, 1.165) is 0 Å². The zero-order valence-electron chi connectivity index (χ0n) is 19.0. The molecule has 0 aromatic rings. The number of aliphatic hydroxyl groups is 1. The van der Waals surface area contributed by atoms with Gasteiger partial charge in [-0.05, 0) is 33.6 Å². The van der Waals surface area contributed by atoms with Crippen molar-refractivity contribution < 1.29 is 29.0 Å². The summed E-state index contributed by atoms with van der Waals surface area (Å²) in [7, 11) is 0. The molecule has 0 radical (unpaired) electrons. The molecule has 3 saturated heterocycles. The number of carbonyl (C=O) groups is 3. The lowest BCUT2D eigenvalue weighted by Crippen LogP contribution is -2.60. The van der Waals surface area contributed by atoms with Gasteiger partial charge in [0, 0.05) is 30.1 Å². The Bertz CT molecular complexity index is 796. The van der Waals surface area contributed by atoms with Gasteiger partial charge in [0.15, 0.2) is 0 Å². The summed E-state index contributed by atoms with van der Waals surface area (Å²) in [6, 6.07) is -0.895. The van der Waals surface area contributed by atoms with Crippen LogP contribution in [0.15, 0.2) is 25.3 Å². The molecule has 3 fully saturated rings. The lowest BCUT2D eigenvalue weighted by Gasteiger charge is -2.42. The number of nitrogens with zero attached hydrogens (tertiary/aromatic N) is 2. The molecule has 1 N–H and O–H groups in total. The maximum Gasteiger partial charge on any atom is 0.312 e. The molecule has 0 aromatic heterocycles. The average molecular weight is 513 g/mol. The standard InChI is InChI=1S/C23H33BrN2O6/c1-6-9-26(22(3,4)5)20(29)18-23-13-14(24)17(32-23)15(21(30)31-12-7-2)16(23)19(28)25(18)10-8-11-27/h6-7,14-18,27H,1-2,8-13H2,3-5H3/t14?,15-,16-,17-,18?,23?/m0/s1. The molecule has 2 bridgehead atoms. The molecule has 0 aliphatic carbocycles. The first-order chi connectivity index (χ1) is 15.0. The number of hydrogen-bond donors (Lipinski definition) is 1. The van der Waals surface area contributed by atoms with E-state index in [1.165, 1.54) is 11.0 Å². The number of carbonyl (C=O) groups excluding carboxylic acids is 3. The van der Waals surface area contributed by atoms with Crippen LogP contribution in [-0.4, -0.2) is 87.1 Å². The van der Waals surface area contributed by atoms with E-state index in [0.29, 0.717) is 19.4 Å². The molecule has 3 unspecified atom stereocenters. The molecule has 3 aliphatic rings. The number of fused-ring (bicyclic) bond motifs is 1. The Morgan fingerprint density at radius 3 is 2.62 bits per heavy atom. The van der Waals surface area contributed by atoms with Gasteiger partial charge in [-0.2, -0.15) is 0 Å². The fourth-order valence-corrected chi connectivity index (χ4v) is 6.31. The number of hydrogen-bond acceptors (Lipinski definition) is 6. The van der Waals surface area contributed by atoms with Crippen molar-refractivity contribution in [1.82, 2.24) is 9.80 Å². The smallest absolute Gasteiger partial charge is 0.312 e. The number of aliphatic hydroxyl groups excluding tert-OH is 1. The Morgan fingerprint density at radius 1 is 1.38 bits per heavy atom. The number of likely N-dealkylation sites (tertiary alicyclic amines) is 1. The zero-order chi connectivity index (χ0) is 23.8. The van der Waals surface area contributed by atoms with Gasteiger partial charge in [-0.25, -0.2) is 0 Å². The second-order valence-electron chi connectivity index (χ2n) is 9.60. The van der Waals surface area contributed by atoms with Crippen molar-refractivity contribution in [1.29, 1.82) is 0 Å². The number of esters is 1. The first-order valence-electron chi connectivity index (χ1n) is 11.0. The van der Waals surface area contributed by atoms with Gasteiger partial charge in [0.05, 0.1) is 17.9 Å². The van der Waals surface area contributed by atoms with Crippen molar-refractivity contribution in [2.24, 2.45) is 11.8 Å². The van der Waals surface area contributed by atoms with Gasteiger partial charge >= 0.3 is 5.97 Å². The quantitative estimate of drug-likeness (QED) is 0.286. The van der Waals surface area contributed by atoms with Crippen LogP contribution in [0.4, 0.5) is 0 Å². The first kappa shape index (κ1) is 24.9. The van der Waals surface area contributed by atoms with Crippen molar-refractivity contribution >= 4 is 33.7 Å². The van der Waals surface area contributed by atoms with Gasteiger partial charge in [-0.15, -0.1) is 6.58 Å². The highest BCUT2D eigenvalue weighted by atomic mass is 79.9. The van der Waals surface area contributed by atoms with E-state index in [1.54, 1.807) is 11.0 Å². The predicted molar refractivity (Wildman–Crippen MR) is 122 cm³/mol. The third kappa shape index (κ3) is 3.92. The summed E-state index contributed by atoms with van der Waals surface area (Å²) in [5.41, 5.74) is -1.65. The Hall–Kier alpha value is -1.71. The third-order valence-corrected chi connectivity index (χ3v) is 7.43. The molecule has 3 heterocycles. The zero-order valence-corrected chi connectivity index (χ0v) is 20.5. The Morgan fingerprint density at radius 2 is 2.06 bits per heavy atom. The summed E-state index contributed by atoms with van der Waals surface area (Å²) in [6.07, 6.45) is 3.32. The topological polar surface area (TPSA) is 96.4 Å². The maximum atomic E-state index is 14.0. The van der Waals surface area contributed by atoms with Crippen LogP contribution in [-0.2, 0) is 23.9 Å². The normalized spacial score (nSPS) is 33.2. The highest BCUT2D eigenvalue weighted by molar-refractivity contribution is 9.09. The summed E-state index contributed by atoms with van der Waals surface area (Å²) in [4.78, 5) is 43.5. The van der Waals surface area contributed by atoms with E-state index < -0.39 is 41.1 Å². The molecular weight excluding hydrogens is 480 g/mol. The third-order valence-electron chi connectivity index (χ3n) is 6.58. The van der Waals surface area contributed by atoms with Gasteiger partial charge in [0.1, 0.15) is 18.2 Å². The number of amides is 2. The second-order valence-corrected chi connectivity index (χ2v) is 10.8. The fraction of sp³-hybridized carbons (Fsp3) is 0.696. The van der Waals surface area contributed by atoms with E-state index in [-0.39, 0.29) is 36.4 Å². The van der Waals surface area contributed by atoms with Crippen LogP contribution in [0.1, 0.15) is 33.6 Å². The van der Waals surface area contributed by atoms with Crippen LogP contribution in [0.2, 0.25) is 0 Å². The molecule has 3 rings (SSSR count). The maximum absolute atomic E-state index is 14.0. The van der Waals surface area contributed by atoms with Crippen LogP contribution in [0.5, 0.6) is 0 Å². The van der Waals surface area contributed by atoms with E-state index >= 15 is 0 Å². The second kappa shape index (κ2) is 9.27. The minimum Gasteiger partial charge on any atom is -0.461 e. The van der Waals surface area contributed by atoms with Gasteiger partial charge in [-0.1, -0.05) is 34.7 Å². The molecule has 6 atom stereocenters. The van der Waals surface area contributed by atoms with Gasteiger partial charge in [-0.3, -0.25) is 14.4 Å². The molecule has 1 spiro atoms.